The van der Waals surface area contributed by atoms with Gasteiger partial charge < -0.3 is 9.47 Å². The topological polar surface area (TPSA) is 42.2 Å². The summed E-state index contributed by atoms with van der Waals surface area (Å²) in [5, 5.41) is 10.5. The molecule has 0 aliphatic carbocycles. The Morgan fingerprint density at radius 2 is 1.66 bits per heavy atom. The van der Waals surface area contributed by atoms with Crippen molar-refractivity contribution in [3.63, 3.8) is 0 Å². The highest BCUT2D eigenvalue weighted by molar-refractivity contribution is 9.09. The molecule has 0 amide bonds. The molecule has 0 spiro atoms. The van der Waals surface area contributed by atoms with Gasteiger partial charge in [0.2, 0.25) is 0 Å². The highest BCUT2D eigenvalue weighted by Crippen LogP contribution is 2.24. The second-order valence-electron chi connectivity index (χ2n) is 6.89. The highest BCUT2D eigenvalue weighted by atomic mass is 79.9. The molecular formula is C25H30BrNO2. The molecule has 0 heterocycles. The van der Waals surface area contributed by atoms with E-state index >= 15 is 0 Å². The van der Waals surface area contributed by atoms with Gasteiger partial charge in [0.25, 0.3) is 0 Å². The Morgan fingerprint density at radius 1 is 0.897 bits per heavy atom. The number of nitriles is 1. The van der Waals surface area contributed by atoms with Crippen LogP contribution in [0, 0.1) is 11.3 Å². The van der Waals surface area contributed by atoms with Crippen LogP contribution < -0.4 is 9.47 Å². The molecular weight excluding hydrogens is 426 g/mol. The van der Waals surface area contributed by atoms with Gasteiger partial charge in [0.1, 0.15) is 23.1 Å². The lowest BCUT2D eigenvalue weighted by molar-refractivity contribution is 0.305. The number of hydrogen-bond donors (Lipinski definition) is 0. The van der Waals surface area contributed by atoms with Gasteiger partial charge in [-0.05, 0) is 48.6 Å². The molecule has 0 fully saturated rings. The predicted octanol–water partition coefficient (Wildman–Crippen LogP) is 7.24. The molecule has 2 aromatic rings. The molecule has 0 aliphatic heterocycles. The number of benzene rings is 2. The summed E-state index contributed by atoms with van der Waals surface area (Å²) in [4.78, 5) is 0. The Hall–Kier alpha value is -2.25. The Balaban J connectivity index is 1.95. The van der Waals surface area contributed by atoms with Crippen molar-refractivity contribution in [2.24, 2.45) is 0 Å². The second kappa shape index (κ2) is 13.8. The number of halogens is 1. The summed E-state index contributed by atoms with van der Waals surface area (Å²) in [7, 11) is 0. The summed E-state index contributed by atoms with van der Waals surface area (Å²) in [5.41, 5.74) is 2.51. The first-order valence-corrected chi connectivity index (χ1v) is 11.5. The minimum absolute atomic E-state index is 0.578. The maximum absolute atomic E-state index is 9.58. The molecule has 0 saturated carbocycles. The van der Waals surface area contributed by atoms with Crippen molar-refractivity contribution < 1.29 is 9.47 Å². The van der Waals surface area contributed by atoms with E-state index in [0.717, 1.165) is 48.1 Å². The van der Waals surface area contributed by atoms with Crippen LogP contribution in [-0.4, -0.2) is 18.5 Å². The van der Waals surface area contributed by atoms with Gasteiger partial charge in [-0.2, -0.15) is 5.26 Å². The van der Waals surface area contributed by atoms with Crippen molar-refractivity contribution in [3.05, 3.63) is 59.2 Å². The summed E-state index contributed by atoms with van der Waals surface area (Å²) >= 11 is 3.42. The lowest BCUT2D eigenvalue weighted by atomic mass is 10.1. The fraction of sp³-hybridized carbons (Fsp3) is 0.400. The minimum atomic E-state index is 0.578. The van der Waals surface area contributed by atoms with E-state index in [1.165, 1.54) is 19.3 Å². The Kier molecular flexibility index (Phi) is 11.0. The van der Waals surface area contributed by atoms with E-state index < -0.39 is 0 Å². The van der Waals surface area contributed by atoms with Crippen molar-refractivity contribution in [3.8, 4) is 17.6 Å². The van der Waals surface area contributed by atoms with Crippen molar-refractivity contribution in [1.29, 1.82) is 5.26 Å². The van der Waals surface area contributed by atoms with E-state index in [-0.39, 0.29) is 0 Å². The van der Waals surface area contributed by atoms with Crippen molar-refractivity contribution >= 4 is 28.1 Å². The van der Waals surface area contributed by atoms with Gasteiger partial charge >= 0.3 is 0 Å². The van der Waals surface area contributed by atoms with Gasteiger partial charge in [0, 0.05) is 5.33 Å². The lowest BCUT2D eigenvalue weighted by Crippen LogP contribution is -2.00. The molecule has 0 unspecified atom stereocenters. The average molecular weight is 456 g/mol. The minimum Gasteiger partial charge on any atom is -0.494 e. The van der Waals surface area contributed by atoms with Gasteiger partial charge in [-0.3, -0.25) is 0 Å². The van der Waals surface area contributed by atoms with E-state index in [2.05, 4.69) is 28.9 Å². The molecule has 0 bridgehead atoms. The van der Waals surface area contributed by atoms with Crippen LogP contribution in [0.1, 0.15) is 62.1 Å². The highest BCUT2D eigenvalue weighted by Gasteiger charge is 2.07. The van der Waals surface area contributed by atoms with Crippen LogP contribution in [0.25, 0.3) is 12.2 Å². The van der Waals surface area contributed by atoms with E-state index in [1.54, 1.807) is 0 Å². The van der Waals surface area contributed by atoms with Crippen LogP contribution in [0.2, 0.25) is 0 Å². The summed E-state index contributed by atoms with van der Waals surface area (Å²) < 4.78 is 11.6. The molecule has 0 radical (unpaired) electrons. The molecule has 3 nitrogen and oxygen atoms in total. The van der Waals surface area contributed by atoms with Crippen LogP contribution in [0.3, 0.4) is 0 Å². The van der Waals surface area contributed by atoms with Crippen LogP contribution in [0.4, 0.5) is 0 Å². The van der Waals surface area contributed by atoms with E-state index in [9.17, 15) is 5.26 Å². The third-order valence-corrected chi connectivity index (χ3v) is 5.12. The smallest absolute Gasteiger partial charge is 0.137 e. The van der Waals surface area contributed by atoms with Crippen LogP contribution in [0.5, 0.6) is 11.5 Å². The third kappa shape index (κ3) is 8.33. The largest absolute Gasteiger partial charge is 0.494 e. The Bertz CT molecular complexity index is 793. The summed E-state index contributed by atoms with van der Waals surface area (Å²) in [5.74, 6) is 1.55. The fourth-order valence-electron chi connectivity index (χ4n) is 2.89. The number of rotatable bonds is 13. The summed E-state index contributed by atoms with van der Waals surface area (Å²) in [6.45, 7) is 3.60. The number of nitrogens with zero attached hydrogens (tertiary/aromatic N) is 1. The first-order chi connectivity index (χ1) is 14.3. The van der Waals surface area contributed by atoms with Gasteiger partial charge in [-0.15, -0.1) is 0 Å². The second-order valence-corrected chi connectivity index (χ2v) is 7.68. The molecule has 0 saturated heterocycles. The lowest BCUT2D eigenvalue weighted by Gasteiger charge is -2.09. The molecule has 29 heavy (non-hydrogen) atoms. The monoisotopic (exact) mass is 455 g/mol. The zero-order valence-corrected chi connectivity index (χ0v) is 18.8. The maximum atomic E-state index is 9.58. The van der Waals surface area contributed by atoms with Gasteiger partial charge in [0.15, 0.2) is 0 Å². The van der Waals surface area contributed by atoms with E-state index in [1.807, 2.05) is 54.6 Å². The van der Waals surface area contributed by atoms with Gasteiger partial charge in [-0.25, -0.2) is 0 Å². The molecule has 2 rings (SSSR count). The SMILES string of the molecule is CCCCCCOc1ccc(C=Cc2cccc(OCCCCBr)c2C#N)cc1. The van der Waals surface area contributed by atoms with E-state index in [4.69, 9.17) is 9.47 Å². The Labute approximate surface area is 183 Å². The normalized spacial score (nSPS) is 10.8. The van der Waals surface area contributed by atoms with E-state index in [0.29, 0.717) is 17.9 Å². The maximum Gasteiger partial charge on any atom is 0.137 e. The summed E-state index contributed by atoms with van der Waals surface area (Å²) in [6.07, 6.45) is 10.8. The zero-order valence-electron chi connectivity index (χ0n) is 17.2. The number of unbranched alkanes of at least 4 members (excludes halogenated alkanes) is 4. The number of alkyl halides is 1. The fourth-order valence-corrected chi connectivity index (χ4v) is 3.28. The molecule has 154 valence electrons. The number of hydrogen-bond acceptors (Lipinski definition) is 3. The molecule has 0 aliphatic rings. The van der Waals surface area contributed by atoms with Crippen LogP contribution in [0.15, 0.2) is 42.5 Å². The molecule has 4 heteroatoms. The van der Waals surface area contributed by atoms with Gasteiger partial charge in [-0.1, -0.05) is 78.5 Å². The number of ether oxygens (including phenoxy) is 2. The van der Waals surface area contributed by atoms with Crippen molar-refractivity contribution in [2.75, 3.05) is 18.5 Å². The first-order valence-electron chi connectivity index (χ1n) is 10.4. The quantitative estimate of drug-likeness (QED) is 0.181. The van der Waals surface area contributed by atoms with Gasteiger partial charge in [0.05, 0.1) is 13.2 Å². The van der Waals surface area contributed by atoms with Crippen LogP contribution in [-0.2, 0) is 0 Å². The predicted molar refractivity (Wildman–Crippen MR) is 125 cm³/mol. The standard InChI is InChI=1S/C25H30BrNO2/c1-2-3-4-6-18-28-23-15-12-21(13-16-23)11-14-22-9-8-10-25(24(22)20-27)29-19-7-5-17-26/h8-16H,2-7,17-19H2,1H3. The molecule has 2 aromatic carbocycles. The molecule has 0 aromatic heterocycles. The molecule has 0 atom stereocenters. The first kappa shape index (κ1) is 23.0. The van der Waals surface area contributed by atoms with Crippen molar-refractivity contribution in [2.45, 2.75) is 45.4 Å². The Morgan fingerprint density at radius 3 is 2.38 bits per heavy atom. The average Bonchev–Trinajstić information content (AvgIpc) is 2.76. The third-order valence-electron chi connectivity index (χ3n) is 4.56. The summed E-state index contributed by atoms with van der Waals surface area (Å²) in [6, 6.07) is 16.1. The zero-order chi connectivity index (χ0) is 20.7. The molecule has 0 N–H and O–H groups in total. The van der Waals surface area contributed by atoms with Crippen molar-refractivity contribution in [1.82, 2.24) is 0 Å². The van der Waals surface area contributed by atoms with Crippen LogP contribution >= 0.6 is 15.9 Å².